The highest BCUT2D eigenvalue weighted by Crippen LogP contribution is 2.37. The minimum atomic E-state index is -0.376. The molecule has 0 bridgehead atoms. The molecule has 9 nitrogen and oxygen atoms in total. The largest absolute Gasteiger partial charge is 0.370 e. The molecule has 1 aromatic carbocycles. The van der Waals surface area contributed by atoms with Gasteiger partial charge in [-0.3, -0.25) is 9.78 Å². The Morgan fingerprint density at radius 1 is 1.21 bits per heavy atom. The normalized spacial score (nSPS) is 18.9. The summed E-state index contributed by atoms with van der Waals surface area (Å²) in [5.74, 6) is 0.159. The predicted molar refractivity (Wildman–Crippen MR) is 128 cm³/mol. The van der Waals surface area contributed by atoms with Crippen LogP contribution in [0.15, 0.2) is 24.4 Å². The van der Waals surface area contributed by atoms with Gasteiger partial charge < -0.3 is 24.9 Å². The molecule has 0 saturated carbocycles. The lowest BCUT2D eigenvalue weighted by Gasteiger charge is -2.40. The first-order valence-electron chi connectivity index (χ1n) is 11.3. The third-order valence-corrected chi connectivity index (χ3v) is 6.74. The SMILES string of the molecule is [C-]#[N+]c1cnc(C(=O)Nc2ccc(C3CN(C)C(=O)N(C)C3)cc2N2CCC(C)(C)CC2)[nH]1. The number of imidazole rings is 1. The lowest BCUT2D eigenvalue weighted by Crippen LogP contribution is -2.49. The second kappa shape index (κ2) is 8.77. The van der Waals surface area contributed by atoms with Crippen LogP contribution in [0.3, 0.4) is 0 Å². The summed E-state index contributed by atoms with van der Waals surface area (Å²) in [6.45, 7) is 14.8. The Morgan fingerprint density at radius 2 is 1.88 bits per heavy atom. The Hall–Kier alpha value is -3.54. The van der Waals surface area contributed by atoms with Crippen LogP contribution in [0.2, 0.25) is 0 Å². The molecule has 0 unspecified atom stereocenters. The van der Waals surface area contributed by atoms with Gasteiger partial charge in [-0.2, -0.15) is 0 Å². The van der Waals surface area contributed by atoms with Crippen molar-refractivity contribution < 1.29 is 9.59 Å². The summed E-state index contributed by atoms with van der Waals surface area (Å²) in [6, 6.07) is 6.16. The third kappa shape index (κ3) is 4.80. The highest BCUT2D eigenvalue weighted by atomic mass is 16.2. The van der Waals surface area contributed by atoms with Crippen molar-refractivity contribution in [3.05, 3.63) is 47.2 Å². The van der Waals surface area contributed by atoms with E-state index in [1.165, 1.54) is 6.20 Å². The molecule has 2 aliphatic rings. The molecule has 2 N–H and O–H groups in total. The van der Waals surface area contributed by atoms with E-state index in [9.17, 15) is 9.59 Å². The summed E-state index contributed by atoms with van der Waals surface area (Å²) in [5, 5.41) is 2.98. The number of urea groups is 1. The number of piperidine rings is 1. The van der Waals surface area contributed by atoms with Crippen LogP contribution in [0.4, 0.5) is 22.0 Å². The lowest BCUT2D eigenvalue weighted by molar-refractivity contribution is 0.101. The minimum absolute atomic E-state index is 0.0332. The van der Waals surface area contributed by atoms with Crippen molar-refractivity contribution in [1.82, 2.24) is 19.8 Å². The molecular weight excluding hydrogens is 418 g/mol. The van der Waals surface area contributed by atoms with Gasteiger partial charge in [0.05, 0.1) is 17.6 Å². The predicted octanol–water partition coefficient (Wildman–Crippen LogP) is 3.92. The summed E-state index contributed by atoms with van der Waals surface area (Å²) in [4.78, 5) is 40.9. The topological polar surface area (TPSA) is 88.9 Å². The number of anilines is 2. The average molecular weight is 450 g/mol. The van der Waals surface area contributed by atoms with Gasteiger partial charge in [-0.05, 0) is 36.0 Å². The molecule has 0 atom stereocenters. The third-order valence-electron chi connectivity index (χ3n) is 6.74. The number of amides is 3. The summed E-state index contributed by atoms with van der Waals surface area (Å²) >= 11 is 0. The maximum absolute atomic E-state index is 12.8. The molecule has 33 heavy (non-hydrogen) atoms. The first-order valence-corrected chi connectivity index (χ1v) is 11.3. The average Bonchev–Trinajstić information content (AvgIpc) is 3.27. The van der Waals surface area contributed by atoms with E-state index in [2.05, 4.69) is 44.9 Å². The molecule has 2 aliphatic heterocycles. The standard InChI is InChI=1S/C24H31N7O2/c1-24(2)8-10-31(11-9-24)19-12-16(17-14-29(4)23(33)30(5)15-17)6-7-18(19)27-22(32)21-26-13-20(25-3)28-21/h6-7,12-13,17H,8-11,14-15H2,1-2,4-5H3,(H,26,28)(H,27,32). The van der Waals surface area contributed by atoms with Gasteiger partial charge in [0.25, 0.3) is 5.82 Å². The molecule has 1 aromatic heterocycles. The second-order valence-corrected chi connectivity index (χ2v) is 9.85. The smallest absolute Gasteiger partial charge is 0.319 e. The number of rotatable bonds is 4. The van der Waals surface area contributed by atoms with Crippen LogP contribution in [0.25, 0.3) is 4.85 Å². The highest BCUT2D eigenvalue weighted by molar-refractivity contribution is 6.04. The van der Waals surface area contributed by atoms with Crippen molar-refractivity contribution in [2.24, 2.45) is 5.41 Å². The van der Waals surface area contributed by atoms with Gasteiger partial charge in [0.1, 0.15) is 0 Å². The van der Waals surface area contributed by atoms with E-state index in [0.29, 0.717) is 18.5 Å². The number of benzene rings is 1. The number of hydrogen-bond donors (Lipinski definition) is 2. The van der Waals surface area contributed by atoms with E-state index in [0.717, 1.165) is 42.9 Å². The summed E-state index contributed by atoms with van der Waals surface area (Å²) < 4.78 is 0. The molecule has 4 rings (SSSR count). The summed E-state index contributed by atoms with van der Waals surface area (Å²) in [5.41, 5.74) is 3.15. The van der Waals surface area contributed by atoms with Crippen LogP contribution >= 0.6 is 0 Å². The number of likely N-dealkylation sites (N-methyl/N-ethyl adjacent to an activating group) is 2. The zero-order chi connectivity index (χ0) is 23.8. The molecular formula is C24H31N7O2. The van der Waals surface area contributed by atoms with Crippen LogP contribution in [0, 0.1) is 12.0 Å². The summed E-state index contributed by atoms with van der Waals surface area (Å²) in [6.07, 6.45) is 3.50. The molecule has 0 spiro atoms. The number of nitrogens with one attached hydrogen (secondary N) is 2. The van der Waals surface area contributed by atoms with Gasteiger partial charge in [0.15, 0.2) is 0 Å². The van der Waals surface area contributed by atoms with E-state index >= 15 is 0 Å². The van der Waals surface area contributed by atoms with Crippen LogP contribution in [0.5, 0.6) is 0 Å². The van der Waals surface area contributed by atoms with Gasteiger partial charge in [-0.1, -0.05) is 26.5 Å². The van der Waals surface area contributed by atoms with Gasteiger partial charge >= 0.3 is 11.9 Å². The number of aromatic nitrogens is 2. The zero-order valence-corrected chi connectivity index (χ0v) is 19.7. The van der Waals surface area contributed by atoms with Crippen molar-refractivity contribution in [3.63, 3.8) is 0 Å². The van der Waals surface area contributed by atoms with Crippen molar-refractivity contribution >= 4 is 29.1 Å². The first kappa shape index (κ1) is 22.6. The maximum Gasteiger partial charge on any atom is 0.319 e. The fourth-order valence-corrected chi connectivity index (χ4v) is 4.57. The van der Waals surface area contributed by atoms with Gasteiger partial charge in [-0.15, -0.1) is 0 Å². The molecule has 2 fully saturated rings. The molecule has 3 amide bonds. The second-order valence-electron chi connectivity index (χ2n) is 9.85. The first-order chi connectivity index (χ1) is 15.7. The number of H-pyrrole nitrogens is 1. The van der Waals surface area contributed by atoms with Gasteiger partial charge in [-0.25, -0.2) is 9.78 Å². The fraction of sp³-hybridized carbons (Fsp3) is 0.500. The monoisotopic (exact) mass is 449 g/mol. The van der Waals surface area contributed by atoms with E-state index in [1.807, 2.05) is 26.2 Å². The van der Waals surface area contributed by atoms with Crippen LogP contribution in [0.1, 0.15) is 48.8 Å². The molecule has 2 aromatic rings. The number of aromatic amines is 1. The van der Waals surface area contributed by atoms with Crippen LogP contribution in [-0.2, 0) is 0 Å². The van der Waals surface area contributed by atoms with Gasteiger partial charge in [0.2, 0.25) is 5.82 Å². The Balaban J connectivity index is 1.63. The fourth-order valence-electron chi connectivity index (χ4n) is 4.57. The zero-order valence-electron chi connectivity index (χ0n) is 19.7. The Labute approximate surface area is 194 Å². The number of carbonyl (C=O) groups is 2. The van der Waals surface area contributed by atoms with Crippen molar-refractivity contribution in [2.45, 2.75) is 32.6 Å². The number of nitrogens with zero attached hydrogens (tertiary/aromatic N) is 5. The van der Waals surface area contributed by atoms with Gasteiger partial charge in [0, 0.05) is 46.2 Å². The van der Waals surface area contributed by atoms with E-state index < -0.39 is 0 Å². The van der Waals surface area contributed by atoms with E-state index in [4.69, 9.17) is 6.57 Å². The summed E-state index contributed by atoms with van der Waals surface area (Å²) in [7, 11) is 3.65. The molecule has 2 saturated heterocycles. The number of carbonyl (C=O) groups excluding carboxylic acids is 2. The van der Waals surface area contributed by atoms with E-state index in [1.54, 1.807) is 9.80 Å². The quantitative estimate of drug-likeness (QED) is 0.693. The maximum atomic E-state index is 12.8. The van der Waals surface area contributed by atoms with Crippen molar-refractivity contribution in [2.75, 3.05) is 50.5 Å². The lowest BCUT2D eigenvalue weighted by atomic mass is 9.82. The highest BCUT2D eigenvalue weighted by Gasteiger charge is 2.31. The minimum Gasteiger partial charge on any atom is -0.370 e. The van der Waals surface area contributed by atoms with Crippen LogP contribution in [-0.4, -0.2) is 72.0 Å². The van der Waals surface area contributed by atoms with Crippen molar-refractivity contribution in [1.29, 1.82) is 0 Å². The molecule has 0 radical (unpaired) electrons. The van der Waals surface area contributed by atoms with Crippen molar-refractivity contribution in [3.8, 4) is 0 Å². The number of hydrogen-bond acceptors (Lipinski definition) is 4. The van der Waals surface area contributed by atoms with Crippen LogP contribution < -0.4 is 10.2 Å². The Morgan fingerprint density at radius 3 is 2.48 bits per heavy atom. The molecule has 174 valence electrons. The molecule has 3 heterocycles. The Bertz CT molecular complexity index is 1080. The van der Waals surface area contributed by atoms with E-state index in [-0.39, 0.29) is 29.5 Å². The molecule has 0 aliphatic carbocycles. The molecule has 9 heteroatoms. The Kier molecular flexibility index (Phi) is 6.02.